The summed E-state index contributed by atoms with van der Waals surface area (Å²) in [6.07, 6.45) is 3.94. The number of aromatic nitrogens is 4. The van der Waals surface area contributed by atoms with Gasteiger partial charge < -0.3 is 9.42 Å². The van der Waals surface area contributed by atoms with Crippen LogP contribution in [0.4, 0.5) is 6.01 Å². The molecule has 0 unspecified atom stereocenters. The molecule has 106 valence electrons. The van der Waals surface area contributed by atoms with E-state index in [1.54, 1.807) is 0 Å². The fraction of sp³-hybridized carbons (Fsp3) is 0.267. The van der Waals surface area contributed by atoms with Crippen LogP contribution in [0.3, 0.4) is 0 Å². The Balaban J connectivity index is 1.46. The first-order valence-electron chi connectivity index (χ1n) is 6.94. The molecule has 1 aliphatic rings. The predicted molar refractivity (Wildman–Crippen MR) is 77.9 cm³/mol. The van der Waals surface area contributed by atoms with E-state index in [2.05, 4.69) is 26.3 Å². The Bertz CT molecular complexity index is 742. The van der Waals surface area contributed by atoms with E-state index in [0.29, 0.717) is 17.9 Å². The molecule has 0 aliphatic carbocycles. The number of anilines is 1. The van der Waals surface area contributed by atoms with Gasteiger partial charge in [0.05, 0.1) is 12.2 Å². The molecule has 21 heavy (non-hydrogen) atoms. The molecule has 0 spiro atoms. The summed E-state index contributed by atoms with van der Waals surface area (Å²) >= 11 is 0. The van der Waals surface area contributed by atoms with Crippen molar-refractivity contribution in [2.75, 3.05) is 18.0 Å². The number of hydrogen-bond donors (Lipinski definition) is 0. The van der Waals surface area contributed by atoms with E-state index in [4.69, 9.17) is 4.52 Å². The van der Waals surface area contributed by atoms with Gasteiger partial charge in [0.2, 0.25) is 5.82 Å². The molecular formula is C15H15N5O. The summed E-state index contributed by atoms with van der Waals surface area (Å²) in [6, 6.07) is 10.8. The van der Waals surface area contributed by atoms with Gasteiger partial charge >= 0.3 is 6.01 Å². The molecule has 0 bridgehead atoms. The highest BCUT2D eigenvalue weighted by atomic mass is 16.5. The summed E-state index contributed by atoms with van der Waals surface area (Å²) in [5, 5.41) is 8.38. The maximum Gasteiger partial charge on any atom is 0.324 e. The fourth-order valence-corrected chi connectivity index (χ4v) is 2.46. The minimum Gasteiger partial charge on any atom is -0.320 e. The summed E-state index contributed by atoms with van der Waals surface area (Å²) in [5.74, 6) is 0.629. The van der Waals surface area contributed by atoms with Crippen LogP contribution >= 0.6 is 0 Å². The van der Waals surface area contributed by atoms with Gasteiger partial charge in [-0.15, -0.1) is 0 Å². The summed E-state index contributed by atoms with van der Waals surface area (Å²) in [6.45, 7) is 3.74. The van der Waals surface area contributed by atoms with Crippen LogP contribution in [0, 0.1) is 6.92 Å². The van der Waals surface area contributed by atoms with Gasteiger partial charge in [0.15, 0.2) is 0 Å². The SMILES string of the molecule is Cc1cnn(C2CN(c3nc(-c4ccccc4)no3)C2)c1. The maximum atomic E-state index is 5.35. The van der Waals surface area contributed by atoms with Crippen molar-refractivity contribution in [2.24, 2.45) is 0 Å². The molecule has 4 rings (SSSR count). The van der Waals surface area contributed by atoms with E-state index in [9.17, 15) is 0 Å². The molecule has 6 heteroatoms. The van der Waals surface area contributed by atoms with Crippen molar-refractivity contribution in [3.63, 3.8) is 0 Å². The monoisotopic (exact) mass is 281 g/mol. The highest BCUT2D eigenvalue weighted by Crippen LogP contribution is 2.28. The quantitative estimate of drug-likeness (QED) is 0.737. The van der Waals surface area contributed by atoms with E-state index in [0.717, 1.165) is 18.7 Å². The zero-order valence-corrected chi connectivity index (χ0v) is 11.7. The van der Waals surface area contributed by atoms with Crippen molar-refractivity contribution in [3.05, 3.63) is 48.3 Å². The second-order valence-corrected chi connectivity index (χ2v) is 5.32. The molecular weight excluding hydrogens is 266 g/mol. The Morgan fingerprint density at radius 3 is 2.71 bits per heavy atom. The molecule has 1 aromatic carbocycles. The van der Waals surface area contributed by atoms with E-state index in [1.165, 1.54) is 5.56 Å². The second kappa shape index (κ2) is 4.73. The van der Waals surface area contributed by atoms with Crippen LogP contribution in [0.5, 0.6) is 0 Å². The molecule has 0 atom stereocenters. The van der Waals surface area contributed by atoms with E-state index < -0.39 is 0 Å². The zero-order valence-electron chi connectivity index (χ0n) is 11.7. The van der Waals surface area contributed by atoms with Gasteiger partial charge in [0.25, 0.3) is 0 Å². The van der Waals surface area contributed by atoms with Crippen LogP contribution in [0.2, 0.25) is 0 Å². The second-order valence-electron chi connectivity index (χ2n) is 5.32. The lowest BCUT2D eigenvalue weighted by Gasteiger charge is -2.37. The molecule has 0 N–H and O–H groups in total. The zero-order chi connectivity index (χ0) is 14.2. The number of rotatable bonds is 3. The standard InChI is InChI=1S/C15H15N5O/c1-11-7-16-20(8-11)13-9-19(10-13)15-17-14(18-21-15)12-5-3-2-4-6-12/h2-8,13H,9-10H2,1H3. The third-order valence-corrected chi connectivity index (χ3v) is 3.68. The lowest BCUT2D eigenvalue weighted by Crippen LogP contribution is -2.48. The van der Waals surface area contributed by atoms with Crippen molar-refractivity contribution in [1.82, 2.24) is 19.9 Å². The highest BCUT2D eigenvalue weighted by Gasteiger charge is 2.32. The summed E-state index contributed by atoms with van der Waals surface area (Å²) < 4.78 is 7.35. The fourth-order valence-electron chi connectivity index (χ4n) is 2.46. The topological polar surface area (TPSA) is 60.0 Å². The molecule has 0 saturated carbocycles. The summed E-state index contributed by atoms with van der Waals surface area (Å²) in [7, 11) is 0. The summed E-state index contributed by atoms with van der Waals surface area (Å²) in [5.41, 5.74) is 2.14. The molecule has 0 amide bonds. The Morgan fingerprint density at radius 1 is 1.19 bits per heavy atom. The third kappa shape index (κ3) is 2.18. The normalized spacial score (nSPS) is 15.2. The minimum absolute atomic E-state index is 0.380. The Labute approximate surface area is 122 Å². The van der Waals surface area contributed by atoms with Crippen molar-refractivity contribution in [3.8, 4) is 11.4 Å². The number of aryl methyl sites for hydroxylation is 1. The van der Waals surface area contributed by atoms with Gasteiger partial charge in [0, 0.05) is 24.8 Å². The van der Waals surface area contributed by atoms with Crippen LogP contribution in [0.1, 0.15) is 11.6 Å². The lowest BCUT2D eigenvalue weighted by atomic mass is 10.1. The number of hydrogen-bond acceptors (Lipinski definition) is 5. The molecule has 3 aromatic rings. The average Bonchev–Trinajstić information content (AvgIpc) is 3.08. The first kappa shape index (κ1) is 12.1. The minimum atomic E-state index is 0.380. The molecule has 3 heterocycles. The first-order chi connectivity index (χ1) is 10.3. The van der Waals surface area contributed by atoms with Crippen LogP contribution in [0.15, 0.2) is 47.2 Å². The van der Waals surface area contributed by atoms with Crippen LogP contribution in [0.25, 0.3) is 11.4 Å². The molecule has 0 radical (unpaired) electrons. The first-order valence-corrected chi connectivity index (χ1v) is 6.94. The maximum absolute atomic E-state index is 5.35. The predicted octanol–water partition coefficient (Wildman–Crippen LogP) is 2.30. The van der Waals surface area contributed by atoms with E-state index in [-0.39, 0.29) is 0 Å². The Morgan fingerprint density at radius 2 is 2.00 bits per heavy atom. The van der Waals surface area contributed by atoms with E-state index in [1.807, 2.05) is 48.1 Å². The molecule has 1 saturated heterocycles. The van der Waals surface area contributed by atoms with Crippen LogP contribution in [-0.2, 0) is 0 Å². The van der Waals surface area contributed by atoms with Gasteiger partial charge in [0.1, 0.15) is 0 Å². The number of benzene rings is 1. The van der Waals surface area contributed by atoms with Crippen molar-refractivity contribution in [2.45, 2.75) is 13.0 Å². The molecule has 1 aliphatic heterocycles. The highest BCUT2D eigenvalue weighted by molar-refractivity contribution is 5.55. The van der Waals surface area contributed by atoms with Crippen molar-refractivity contribution in [1.29, 1.82) is 0 Å². The van der Waals surface area contributed by atoms with Gasteiger partial charge in [-0.2, -0.15) is 10.1 Å². The molecule has 6 nitrogen and oxygen atoms in total. The van der Waals surface area contributed by atoms with Crippen LogP contribution in [-0.4, -0.2) is 33.0 Å². The Kier molecular flexibility index (Phi) is 2.73. The van der Waals surface area contributed by atoms with Gasteiger partial charge in [-0.25, -0.2) is 0 Å². The lowest BCUT2D eigenvalue weighted by molar-refractivity contribution is 0.325. The van der Waals surface area contributed by atoms with Crippen molar-refractivity contribution < 1.29 is 4.52 Å². The smallest absolute Gasteiger partial charge is 0.320 e. The van der Waals surface area contributed by atoms with E-state index >= 15 is 0 Å². The Hall–Kier alpha value is -2.63. The molecule has 2 aromatic heterocycles. The van der Waals surface area contributed by atoms with Gasteiger partial charge in [-0.1, -0.05) is 35.5 Å². The number of nitrogens with zero attached hydrogens (tertiary/aromatic N) is 5. The van der Waals surface area contributed by atoms with Crippen molar-refractivity contribution >= 4 is 6.01 Å². The largest absolute Gasteiger partial charge is 0.324 e. The van der Waals surface area contributed by atoms with Gasteiger partial charge in [-0.05, 0) is 12.5 Å². The summed E-state index contributed by atoms with van der Waals surface area (Å²) in [4.78, 5) is 6.52. The van der Waals surface area contributed by atoms with Crippen LogP contribution < -0.4 is 4.90 Å². The third-order valence-electron chi connectivity index (χ3n) is 3.68. The average molecular weight is 281 g/mol. The van der Waals surface area contributed by atoms with Gasteiger partial charge in [-0.3, -0.25) is 4.68 Å². The molecule has 1 fully saturated rings.